The van der Waals surface area contributed by atoms with E-state index in [0.29, 0.717) is 19.0 Å². The Kier molecular flexibility index (Phi) is 3.28. The summed E-state index contributed by atoms with van der Waals surface area (Å²) in [6, 6.07) is 0. The molecule has 0 spiro atoms. The van der Waals surface area contributed by atoms with Crippen LogP contribution < -0.4 is 9.80 Å². The van der Waals surface area contributed by atoms with E-state index >= 15 is 0 Å². The number of rotatable bonds is 2. The quantitative estimate of drug-likeness (QED) is 0.779. The third-order valence-corrected chi connectivity index (χ3v) is 3.84. The van der Waals surface area contributed by atoms with Crippen molar-refractivity contribution in [2.24, 2.45) is 0 Å². The number of anilines is 2. The number of hydrogen-bond donors (Lipinski definition) is 2. The molecule has 0 bridgehead atoms. The average Bonchev–Trinajstić information content (AvgIpc) is 2.99. The molecular weight excluding hydrogens is 244 g/mol. The van der Waals surface area contributed by atoms with Gasteiger partial charge in [0.2, 0.25) is 5.95 Å². The number of nitrogens with zero attached hydrogens (tertiary/aromatic N) is 4. The highest BCUT2D eigenvalue weighted by Gasteiger charge is 2.26. The summed E-state index contributed by atoms with van der Waals surface area (Å²) in [5.41, 5.74) is 1.03. The Morgan fingerprint density at radius 2 is 1.74 bits per heavy atom. The fourth-order valence-corrected chi connectivity index (χ4v) is 2.75. The van der Waals surface area contributed by atoms with Crippen molar-refractivity contribution in [2.45, 2.75) is 32.0 Å². The molecule has 0 radical (unpaired) electrons. The van der Waals surface area contributed by atoms with E-state index in [4.69, 9.17) is 0 Å². The van der Waals surface area contributed by atoms with Crippen molar-refractivity contribution >= 4 is 11.8 Å². The molecule has 2 saturated heterocycles. The maximum atomic E-state index is 9.64. The summed E-state index contributed by atoms with van der Waals surface area (Å²) < 4.78 is 0. The zero-order valence-electron chi connectivity index (χ0n) is 11.2. The fourth-order valence-electron chi connectivity index (χ4n) is 2.75. The molecule has 1 aromatic heterocycles. The minimum atomic E-state index is -0.276. The number of aryl methyl sites for hydroxylation is 1. The second kappa shape index (κ2) is 4.94. The molecule has 0 unspecified atom stereocenters. The van der Waals surface area contributed by atoms with Crippen LogP contribution in [0, 0.1) is 6.92 Å². The maximum absolute atomic E-state index is 9.64. The lowest BCUT2D eigenvalue weighted by molar-refractivity contribution is 0.198. The van der Waals surface area contributed by atoms with E-state index in [-0.39, 0.29) is 12.2 Å². The average molecular weight is 264 g/mol. The van der Waals surface area contributed by atoms with Crippen LogP contribution in [0.1, 0.15) is 18.4 Å². The summed E-state index contributed by atoms with van der Waals surface area (Å²) in [5, 5.41) is 19.2. The Morgan fingerprint density at radius 3 is 2.32 bits per heavy atom. The van der Waals surface area contributed by atoms with E-state index in [1.807, 2.05) is 18.0 Å². The Labute approximate surface area is 112 Å². The molecule has 2 aliphatic heterocycles. The van der Waals surface area contributed by atoms with Crippen molar-refractivity contribution < 1.29 is 10.2 Å². The first kappa shape index (κ1) is 12.6. The molecule has 0 aliphatic carbocycles. The second-order valence-corrected chi connectivity index (χ2v) is 5.45. The molecule has 2 fully saturated rings. The van der Waals surface area contributed by atoms with Crippen LogP contribution in [0.3, 0.4) is 0 Å². The Hall–Kier alpha value is -1.40. The van der Waals surface area contributed by atoms with Crippen molar-refractivity contribution in [1.29, 1.82) is 0 Å². The first-order valence-electron chi connectivity index (χ1n) is 6.83. The largest absolute Gasteiger partial charge is 0.391 e. The van der Waals surface area contributed by atoms with E-state index in [1.165, 1.54) is 0 Å². The topological polar surface area (TPSA) is 72.7 Å². The van der Waals surface area contributed by atoms with Gasteiger partial charge in [-0.1, -0.05) is 0 Å². The van der Waals surface area contributed by atoms with Gasteiger partial charge in [-0.2, -0.15) is 4.98 Å². The standard InChI is InChI=1S/C13H20N4O2/c1-9-6-14-13(17-5-3-11(19)8-17)15-12(9)16-4-2-10(18)7-16/h6,10-11,18-19H,2-5,7-8H2,1H3/t10-,11-/m0/s1. The summed E-state index contributed by atoms with van der Waals surface area (Å²) in [6.07, 6.45) is 2.86. The molecule has 0 aromatic carbocycles. The lowest BCUT2D eigenvalue weighted by atomic mass is 10.3. The zero-order chi connectivity index (χ0) is 13.4. The van der Waals surface area contributed by atoms with Crippen LogP contribution in [0.25, 0.3) is 0 Å². The SMILES string of the molecule is Cc1cnc(N2CC[C@H](O)C2)nc1N1CC[C@H](O)C1. The third kappa shape index (κ3) is 2.50. The van der Waals surface area contributed by atoms with Gasteiger partial charge in [-0.05, 0) is 19.8 Å². The summed E-state index contributed by atoms with van der Waals surface area (Å²) >= 11 is 0. The highest BCUT2D eigenvalue weighted by molar-refractivity contribution is 5.50. The number of aliphatic hydroxyl groups is 2. The smallest absolute Gasteiger partial charge is 0.227 e. The molecule has 3 heterocycles. The molecule has 2 atom stereocenters. The van der Waals surface area contributed by atoms with Crippen molar-refractivity contribution in [1.82, 2.24) is 9.97 Å². The van der Waals surface area contributed by atoms with Crippen molar-refractivity contribution in [3.63, 3.8) is 0 Å². The van der Waals surface area contributed by atoms with Crippen molar-refractivity contribution in [2.75, 3.05) is 36.0 Å². The van der Waals surface area contributed by atoms with E-state index < -0.39 is 0 Å². The summed E-state index contributed by atoms with van der Waals surface area (Å²) in [7, 11) is 0. The predicted octanol–water partition coefficient (Wildman–Crippen LogP) is -0.0730. The lowest BCUT2D eigenvalue weighted by Crippen LogP contribution is -2.27. The van der Waals surface area contributed by atoms with E-state index in [9.17, 15) is 10.2 Å². The highest BCUT2D eigenvalue weighted by atomic mass is 16.3. The van der Waals surface area contributed by atoms with Gasteiger partial charge in [-0.15, -0.1) is 0 Å². The van der Waals surface area contributed by atoms with Crippen LogP contribution in [0.4, 0.5) is 11.8 Å². The molecule has 3 rings (SSSR count). The van der Waals surface area contributed by atoms with Gasteiger partial charge in [0.25, 0.3) is 0 Å². The Morgan fingerprint density at radius 1 is 1.11 bits per heavy atom. The number of aromatic nitrogens is 2. The number of hydrogen-bond acceptors (Lipinski definition) is 6. The van der Waals surface area contributed by atoms with Crippen LogP contribution in [-0.2, 0) is 0 Å². The molecule has 0 saturated carbocycles. The predicted molar refractivity (Wildman–Crippen MR) is 72.4 cm³/mol. The van der Waals surface area contributed by atoms with Gasteiger partial charge < -0.3 is 20.0 Å². The molecule has 6 nitrogen and oxygen atoms in total. The Bertz CT molecular complexity index is 468. The van der Waals surface area contributed by atoms with Crippen LogP contribution in [0.5, 0.6) is 0 Å². The van der Waals surface area contributed by atoms with Gasteiger partial charge in [-0.25, -0.2) is 4.98 Å². The van der Waals surface area contributed by atoms with Crippen LogP contribution in [-0.4, -0.2) is 58.6 Å². The maximum Gasteiger partial charge on any atom is 0.227 e. The number of β-amino-alcohol motifs (C(OH)–C–C–N with tert-alkyl or cyclic N) is 2. The van der Waals surface area contributed by atoms with Crippen LogP contribution in [0.15, 0.2) is 6.20 Å². The second-order valence-electron chi connectivity index (χ2n) is 5.45. The minimum Gasteiger partial charge on any atom is -0.391 e. The van der Waals surface area contributed by atoms with Crippen molar-refractivity contribution in [3.05, 3.63) is 11.8 Å². The summed E-state index contributed by atoms with van der Waals surface area (Å²) in [5.74, 6) is 1.58. The molecular formula is C13H20N4O2. The van der Waals surface area contributed by atoms with Gasteiger partial charge in [0.1, 0.15) is 5.82 Å². The lowest BCUT2D eigenvalue weighted by Gasteiger charge is -2.22. The van der Waals surface area contributed by atoms with Gasteiger partial charge in [0, 0.05) is 37.9 Å². The summed E-state index contributed by atoms with van der Waals surface area (Å²) in [6.45, 7) is 4.86. The molecule has 2 N–H and O–H groups in total. The molecule has 1 aromatic rings. The van der Waals surface area contributed by atoms with Gasteiger partial charge >= 0.3 is 0 Å². The fraction of sp³-hybridized carbons (Fsp3) is 0.692. The third-order valence-electron chi connectivity index (χ3n) is 3.84. The molecule has 0 amide bonds. The highest BCUT2D eigenvalue weighted by Crippen LogP contribution is 2.25. The van der Waals surface area contributed by atoms with Crippen LogP contribution in [0.2, 0.25) is 0 Å². The van der Waals surface area contributed by atoms with Gasteiger partial charge in [0.05, 0.1) is 12.2 Å². The Balaban J connectivity index is 1.84. The van der Waals surface area contributed by atoms with Gasteiger partial charge in [0.15, 0.2) is 0 Å². The van der Waals surface area contributed by atoms with Crippen LogP contribution >= 0.6 is 0 Å². The molecule has 104 valence electrons. The molecule has 2 aliphatic rings. The first-order chi connectivity index (χ1) is 9.13. The zero-order valence-corrected chi connectivity index (χ0v) is 11.2. The molecule has 19 heavy (non-hydrogen) atoms. The first-order valence-corrected chi connectivity index (χ1v) is 6.83. The van der Waals surface area contributed by atoms with E-state index in [2.05, 4.69) is 14.9 Å². The minimum absolute atomic E-state index is 0.258. The molecule has 6 heteroatoms. The van der Waals surface area contributed by atoms with Crippen molar-refractivity contribution in [3.8, 4) is 0 Å². The van der Waals surface area contributed by atoms with E-state index in [1.54, 1.807) is 0 Å². The van der Waals surface area contributed by atoms with E-state index in [0.717, 1.165) is 37.3 Å². The normalized spacial score (nSPS) is 27.3. The monoisotopic (exact) mass is 264 g/mol. The summed E-state index contributed by atoms with van der Waals surface area (Å²) in [4.78, 5) is 13.1. The number of aliphatic hydroxyl groups excluding tert-OH is 2. The van der Waals surface area contributed by atoms with Gasteiger partial charge in [-0.3, -0.25) is 0 Å².